The van der Waals surface area contributed by atoms with Crippen molar-refractivity contribution in [2.75, 3.05) is 52.6 Å². The Hall–Kier alpha value is -6.65. The minimum Gasteiger partial charge on any atom is -0.449 e. The first-order chi connectivity index (χ1) is 36.6. The maximum Gasteiger partial charge on any atom is 0.407 e. The number of amides is 9. The van der Waals surface area contributed by atoms with Gasteiger partial charge in [-0.3, -0.25) is 38.4 Å². The molecule has 428 valence electrons. The highest BCUT2D eigenvalue weighted by molar-refractivity contribution is 5.98. The van der Waals surface area contributed by atoms with Crippen molar-refractivity contribution in [3.8, 4) is 11.1 Å². The number of rotatable bonds is 21. The monoisotopic (exact) mass is 1090 g/mol. The van der Waals surface area contributed by atoms with Crippen LogP contribution in [0.3, 0.4) is 0 Å². The Kier molecular flexibility index (Phi) is 20.1. The van der Waals surface area contributed by atoms with E-state index in [4.69, 9.17) is 24.7 Å². The van der Waals surface area contributed by atoms with E-state index < -0.39 is 119 Å². The number of hydrogen-bond acceptors (Lipinski definition) is 13. The van der Waals surface area contributed by atoms with Gasteiger partial charge in [0.25, 0.3) is 0 Å². The van der Waals surface area contributed by atoms with Crippen molar-refractivity contribution in [2.24, 2.45) is 5.73 Å². The zero-order valence-electron chi connectivity index (χ0n) is 46.9. The molecule has 2 aromatic rings. The zero-order chi connectivity index (χ0) is 57.3. The van der Waals surface area contributed by atoms with Gasteiger partial charge >= 0.3 is 6.09 Å². The molecule has 0 unspecified atom stereocenters. The van der Waals surface area contributed by atoms with Crippen LogP contribution in [-0.4, -0.2) is 180 Å². The van der Waals surface area contributed by atoms with Crippen LogP contribution in [-0.2, 0) is 57.3 Å². The summed E-state index contributed by atoms with van der Waals surface area (Å²) in [5.41, 5.74) is 7.63. The standard InChI is InChI=1S/C56H81N9O13/c1-33(50(71)64-26-16-23-43(64)52(73)65-27-17-24-44(65)51(72)63-25-15-22-42(63)49(70)60-39(46(57)67)30-76-54(2,3)4)59-45(66)28-58-47(68)40(31-77-55(5,6)7)61-48(69)41(32-78-56(8,9)10)62-53(74)75-29-38-36-20-13-11-18-34(36)35-19-12-14-21-37(35)38/h11-14,18-21,33,38-44H,15-17,22-32H2,1-10H3,(H2,57,67)(H,58,68)(H,59,66)(H,60,70)(H,61,69)(H,62,74)/t33-,39-,40-,41-,42-,43-,44-/m0/s1. The Morgan fingerprint density at radius 2 is 1.03 bits per heavy atom. The molecule has 3 fully saturated rings. The molecule has 22 heteroatoms. The molecule has 1 aliphatic carbocycles. The van der Waals surface area contributed by atoms with Crippen molar-refractivity contribution in [1.82, 2.24) is 41.3 Å². The predicted molar refractivity (Wildman–Crippen MR) is 287 cm³/mol. The molecule has 0 aromatic heterocycles. The third kappa shape index (κ3) is 16.2. The second-order valence-electron chi connectivity index (χ2n) is 23.4. The van der Waals surface area contributed by atoms with Crippen molar-refractivity contribution in [2.45, 2.75) is 173 Å². The van der Waals surface area contributed by atoms with E-state index in [1.165, 1.54) is 21.6 Å². The number of carbonyl (C=O) groups excluding carboxylic acids is 9. The second-order valence-corrected chi connectivity index (χ2v) is 23.4. The molecule has 9 amide bonds. The molecule has 0 radical (unpaired) electrons. The summed E-state index contributed by atoms with van der Waals surface area (Å²) in [5, 5.41) is 13.0. The van der Waals surface area contributed by atoms with E-state index >= 15 is 0 Å². The summed E-state index contributed by atoms with van der Waals surface area (Å²) in [6.07, 6.45) is 1.71. The summed E-state index contributed by atoms with van der Waals surface area (Å²) in [5.74, 6) is -5.23. The number of fused-ring (bicyclic) bond motifs is 3. The van der Waals surface area contributed by atoms with Crippen LogP contribution in [0.25, 0.3) is 11.1 Å². The van der Waals surface area contributed by atoms with Gasteiger partial charge < -0.3 is 66.0 Å². The topological polar surface area (TPSA) is 286 Å². The van der Waals surface area contributed by atoms with Gasteiger partial charge in [0.05, 0.1) is 43.2 Å². The Morgan fingerprint density at radius 1 is 0.577 bits per heavy atom. The number of hydrogen-bond donors (Lipinski definition) is 6. The molecule has 22 nitrogen and oxygen atoms in total. The molecule has 4 aliphatic rings. The highest BCUT2D eigenvalue weighted by Gasteiger charge is 2.46. The summed E-state index contributed by atoms with van der Waals surface area (Å²) in [6.45, 7) is 16.9. The molecule has 7 atom stereocenters. The van der Waals surface area contributed by atoms with E-state index in [1.54, 1.807) is 62.3 Å². The van der Waals surface area contributed by atoms with Gasteiger partial charge in [-0.2, -0.15) is 0 Å². The van der Waals surface area contributed by atoms with Crippen LogP contribution in [0.5, 0.6) is 0 Å². The minimum atomic E-state index is -1.36. The van der Waals surface area contributed by atoms with Crippen LogP contribution in [0.15, 0.2) is 48.5 Å². The van der Waals surface area contributed by atoms with E-state index in [2.05, 4.69) is 26.6 Å². The number of carbonyl (C=O) groups is 9. The van der Waals surface area contributed by atoms with Crippen molar-refractivity contribution < 1.29 is 62.1 Å². The molecule has 7 N–H and O–H groups in total. The fourth-order valence-corrected chi connectivity index (χ4v) is 10.0. The van der Waals surface area contributed by atoms with E-state index in [9.17, 15) is 43.2 Å². The number of alkyl carbamates (subject to hydrolysis) is 1. The fraction of sp³-hybridized carbons (Fsp3) is 0.625. The summed E-state index contributed by atoms with van der Waals surface area (Å²) in [4.78, 5) is 127. The molecule has 0 spiro atoms. The molecule has 0 bridgehead atoms. The van der Waals surface area contributed by atoms with E-state index in [-0.39, 0.29) is 52.0 Å². The SMILES string of the molecule is C[C@H](NC(=O)CNC(=O)[C@H](COC(C)(C)C)NC(=O)[C@H](COC(C)(C)C)NC(=O)OCC1c2ccccc2-c2ccccc21)C(=O)N1CCC[C@H]1C(=O)N1CCC[C@H]1C(=O)N1CCC[C@H]1C(=O)N[C@@H](COC(C)(C)C)C(N)=O. The van der Waals surface area contributed by atoms with Crippen LogP contribution in [0.4, 0.5) is 4.79 Å². The lowest BCUT2D eigenvalue weighted by Gasteiger charge is -2.34. The van der Waals surface area contributed by atoms with Crippen molar-refractivity contribution in [1.29, 1.82) is 0 Å². The average molecular weight is 1090 g/mol. The summed E-state index contributed by atoms with van der Waals surface area (Å²) >= 11 is 0. The Bertz CT molecular complexity index is 2490. The molecule has 2 aromatic carbocycles. The maximum absolute atomic E-state index is 14.3. The quantitative estimate of drug-likeness (QED) is 0.105. The highest BCUT2D eigenvalue weighted by atomic mass is 16.6. The third-order valence-electron chi connectivity index (χ3n) is 13.9. The lowest BCUT2D eigenvalue weighted by atomic mass is 9.98. The Labute approximate surface area is 457 Å². The first kappa shape index (κ1) is 60.6. The first-order valence-corrected chi connectivity index (χ1v) is 27.0. The molecule has 3 heterocycles. The van der Waals surface area contributed by atoms with Gasteiger partial charge in [-0.05, 0) is 130 Å². The normalized spacial score (nSPS) is 19.9. The van der Waals surface area contributed by atoms with E-state index in [0.29, 0.717) is 38.5 Å². The van der Waals surface area contributed by atoms with Crippen molar-refractivity contribution >= 4 is 53.4 Å². The van der Waals surface area contributed by atoms with Crippen molar-refractivity contribution in [3.05, 3.63) is 59.7 Å². The molecular weight excluding hydrogens is 1010 g/mol. The summed E-state index contributed by atoms with van der Waals surface area (Å²) in [6, 6.07) is 8.17. The molecule has 0 saturated carbocycles. The lowest BCUT2D eigenvalue weighted by molar-refractivity contribution is -0.151. The summed E-state index contributed by atoms with van der Waals surface area (Å²) in [7, 11) is 0. The highest BCUT2D eigenvalue weighted by Crippen LogP contribution is 2.44. The van der Waals surface area contributed by atoms with Gasteiger partial charge in [-0.25, -0.2) is 4.79 Å². The smallest absolute Gasteiger partial charge is 0.407 e. The van der Waals surface area contributed by atoms with Gasteiger partial charge in [0, 0.05) is 25.6 Å². The van der Waals surface area contributed by atoms with E-state index in [0.717, 1.165) is 22.3 Å². The third-order valence-corrected chi connectivity index (χ3v) is 13.9. The van der Waals surface area contributed by atoms with Gasteiger partial charge in [-0.15, -0.1) is 0 Å². The number of nitrogens with zero attached hydrogens (tertiary/aromatic N) is 3. The van der Waals surface area contributed by atoms with Gasteiger partial charge in [0.2, 0.25) is 47.3 Å². The molecular formula is C56H81N9O13. The largest absolute Gasteiger partial charge is 0.449 e. The predicted octanol–water partition coefficient (Wildman–Crippen LogP) is 2.39. The minimum absolute atomic E-state index is 0.00866. The number of likely N-dealkylation sites (tertiary alicyclic amines) is 3. The van der Waals surface area contributed by atoms with Gasteiger partial charge in [0.1, 0.15) is 48.9 Å². The molecule has 3 aliphatic heterocycles. The second kappa shape index (κ2) is 25.9. The van der Waals surface area contributed by atoms with Crippen molar-refractivity contribution in [3.63, 3.8) is 0 Å². The number of ether oxygens (including phenoxy) is 4. The number of nitrogens with two attached hydrogens (primary N) is 1. The van der Waals surface area contributed by atoms with E-state index in [1.807, 2.05) is 48.5 Å². The first-order valence-electron chi connectivity index (χ1n) is 27.0. The van der Waals surface area contributed by atoms with Crippen LogP contribution < -0.4 is 32.3 Å². The van der Waals surface area contributed by atoms with Crippen LogP contribution >= 0.6 is 0 Å². The van der Waals surface area contributed by atoms with Gasteiger partial charge in [-0.1, -0.05) is 48.5 Å². The molecule has 6 rings (SSSR count). The summed E-state index contributed by atoms with van der Waals surface area (Å²) < 4.78 is 23.3. The van der Waals surface area contributed by atoms with Gasteiger partial charge in [0.15, 0.2) is 0 Å². The number of nitrogens with one attached hydrogen (secondary N) is 5. The maximum atomic E-state index is 14.3. The lowest BCUT2D eigenvalue weighted by Crippen LogP contribution is -2.59. The van der Waals surface area contributed by atoms with Crippen LogP contribution in [0.1, 0.15) is 125 Å². The zero-order valence-corrected chi connectivity index (χ0v) is 46.9. The van der Waals surface area contributed by atoms with Crippen LogP contribution in [0, 0.1) is 0 Å². The van der Waals surface area contributed by atoms with Crippen LogP contribution in [0.2, 0.25) is 0 Å². The molecule has 78 heavy (non-hydrogen) atoms. The number of benzene rings is 2. The average Bonchev–Trinajstić information content (AvgIpc) is 4.24. The number of primary amides is 1. The Balaban J connectivity index is 1.03. The molecule has 3 saturated heterocycles. The Morgan fingerprint density at radius 3 is 1.54 bits per heavy atom. The fourth-order valence-electron chi connectivity index (χ4n) is 10.0.